The smallest absolute Gasteiger partial charge is 0.200 e. The van der Waals surface area contributed by atoms with Gasteiger partial charge in [0.15, 0.2) is 23.3 Å². The molecule has 0 saturated carbocycles. The first kappa shape index (κ1) is 30.9. The number of aromatic nitrogens is 1. The average molecular weight is 683 g/mol. The van der Waals surface area contributed by atoms with Gasteiger partial charge in [-0.15, -0.1) is 0 Å². The molecule has 3 nitrogen and oxygen atoms in total. The van der Waals surface area contributed by atoms with Crippen molar-refractivity contribution in [2.24, 2.45) is 0 Å². The summed E-state index contributed by atoms with van der Waals surface area (Å²) < 4.78 is 84.5. The number of ether oxygens (including phenoxy) is 1. The quantitative estimate of drug-likeness (QED) is 0.104. The summed E-state index contributed by atoms with van der Waals surface area (Å²) in [6.07, 6.45) is 0. The van der Waals surface area contributed by atoms with E-state index in [1.807, 2.05) is 105 Å². The lowest BCUT2D eigenvalue weighted by atomic mass is 9.76. The number of hydrogen-bond donors (Lipinski definition) is 0. The highest BCUT2D eigenvalue weighted by atomic mass is 19.2. The lowest BCUT2D eigenvalue weighted by Gasteiger charge is -2.35. The van der Waals surface area contributed by atoms with Crippen LogP contribution in [0.5, 0.6) is 11.5 Å². The molecule has 0 atom stereocenters. The number of fused-ring (bicyclic) bond motifs is 7. The summed E-state index contributed by atoms with van der Waals surface area (Å²) in [7, 11) is 0. The van der Waals surface area contributed by atoms with Crippen LogP contribution in [-0.4, -0.2) is 4.57 Å². The van der Waals surface area contributed by atoms with Crippen LogP contribution in [0.3, 0.4) is 0 Å². The van der Waals surface area contributed by atoms with Gasteiger partial charge in [-0.3, -0.25) is 0 Å². The van der Waals surface area contributed by atoms with Gasteiger partial charge in [0.05, 0.1) is 16.7 Å². The van der Waals surface area contributed by atoms with Crippen LogP contribution in [0.15, 0.2) is 127 Å². The first-order valence-electron chi connectivity index (χ1n) is 16.4. The standard InChI is InChI=1S/C43H27F5N2O/c1-43(2)30-14-8-9-15-34(30)51-35-23-27(17-19-31(35)43)49(42-40(47)38(45)37(44)39(46)41(42)48)26-18-21-32-29(22-26)36-28-13-7-6-10-24(28)16-20-33(36)50(32)25-11-4-3-5-12-25/h3-23H,1-2H3. The van der Waals surface area contributed by atoms with Gasteiger partial charge in [0.2, 0.25) is 5.82 Å². The van der Waals surface area contributed by atoms with E-state index >= 15 is 8.78 Å². The highest BCUT2D eigenvalue weighted by Gasteiger charge is 2.36. The summed E-state index contributed by atoms with van der Waals surface area (Å²) in [5.41, 5.74) is 3.05. The van der Waals surface area contributed by atoms with E-state index in [0.717, 1.165) is 54.3 Å². The van der Waals surface area contributed by atoms with E-state index < -0.39 is 40.2 Å². The molecule has 51 heavy (non-hydrogen) atoms. The van der Waals surface area contributed by atoms with Crippen molar-refractivity contribution >= 4 is 49.6 Å². The number of rotatable bonds is 4. The van der Waals surface area contributed by atoms with E-state index in [1.54, 1.807) is 36.4 Å². The minimum Gasteiger partial charge on any atom is -0.457 e. The molecule has 1 aromatic heterocycles. The van der Waals surface area contributed by atoms with Gasteiger partial charge < -0.3 is 14.2 Å². The predicted molar refractivity (Wildman–Crippen MR) is 191 cm³/mol. The predicted octanol–water partition coefficient (Wildman–Crippen LogP) is 12.5. The summed E-state index contributed by atoms with van der Waals surface area (Å²) in [6.45, 7) is 4.07. The van der Waals surface area contributed by atoms with Crippen LogP contribution < -0.4 is 9.64 Å². The summed E-state index contributed by atoms with van der Waals surface area (Å²) in [6, 6.07) is 39.4. The molecule has 0 saturated heterocycles. The second-order valence-electron chi connectivity index (χ2n) is 13.2. The molecule has 8 heteroatoms. The van der Waals surface area contributed by atoms with E-state index in [4.69, 9.17) is 4.74 Å². The Morgan fingerprint density at radius 1 is 0.529 bits per heavy atom. The van der Waals surface area contributed by atoms with Crippen molar-refractivity contribution in [2.75, 3.05) is 4.90 Å². The van der Waals surface area contributed by atoms with Crippen LogP contribution >= 0.6 is 0 Å². The normalized spacial score (nSPS) is 13.3. The Balaban J connectivity index is 1.35. The first-order valence-corrected chi connectivity index (χ1v) is 16.4. The maximum atomic E-state index is 15.9. The van der Waals surface area contributed by atoms with E-state index in [0.29, 0.717) is 11.5 Å². The summed E-state index contributed by atoms with van der Waals surface area (Å²) >= 11 is 0. The fraction of sp³-hybridized carbons (Fsp3) is 0.0698. The van der Waals surface area contributed by atoms with Crippen molar-refractivity contribution in [1.29, 1.82) is 0 Å². The van der Waals surface area contributed by atoms with Crippen LogP contribution in [-0.2, 0) is 5.41 Å². The molecule has 7 aromatic carbocycles. The largest absolute Gasteiger partial charge is 0.457 e. The fourth-order valence-electron chi connectivity index (χ4n) is 7.56. The zero-order valence-electron chi connectivity index (χ0n) is 27.3. The lowest BCUT2D eigenvalue weighted by Crippen LogP contribution is -2.24. The molecule has 1 aliphatic heterocycles. The highest BCUT2D eigenvalue weighted by Crippen LogP contribution is 2.51. The van der Waals surface area contributed by atoms with Crippen LogP contribution in [0.25, 0.3) is 38.3 Å². The molecule has 0 bridgehead atoms. The van der Waals surface area contributed by atoms with Gasteiger partial charge in [-0.1, -0.05) is 86.6 Å². The molecular weight excluding hydrogens is 655 g/mol. The van der Waals surface area contributed by atoms with Crippen molar-refractivity contribution in [2.45, 2.75) is 19.3 Å². The number of para-hydroxylation sites is 2. The minimum absolute atomic E-state index is 0.142. The van der Waals surface area contributed by atoms with Crippen molar-refractivity contribution in [1.82, 2.24) is 4.57 Å². The molecule has 0 spiro atoms. The van der Waals surface area contributed by atoms with Gasteiger partial charge in [-0.25, -0.2) is 22.0 Å². The molecule has 8 aromatic rings. The Bertz CT molecular complexity index is 2690. The lowest BCUT2D eigenvalue weighted by molar-refractivity contribution is 0.380. The Morgan fingerprint density at radius 2 is 1.14 bits per heavy atom. The van der Waals surface area contributed by atoms with E-state index in [2.05, 4.69) is 4.57 Å². The molecule has 9 rings (SSSR count). The molecule has 0 aliphatic carbocycles. The minimum atomic E-state index is -2.23. The molecule has 0 fully saturated rings. The summed E-state index contributed by atoms with van der Waals surface area (Å²) in [4.78, 5) is 1.07. The Kier molecular flexibility index (Phi) is 6.77. The van der Waals surface area contributed by atoms with Gasteiger partial charge in [-0.05, 0) is 59.3 Å². The Morgan fingerprint density at radius 3 is 1.92 bits per heavy atom. The van der Waals surface area contributed by atoms with Crippen LogP contribution in [0.2, 0.25) is 0 Å². The number of hydrogen-bond acceptors (Lipinski definition) is 2. The fourth-order valence-corrected chi connectivity index (χ4v) is 7.56. The van der Waals surface area contributed by atoms with Gasteiger partial charge in [0.1, 0.15) is 17.2 Å². The maximum absolute atomic E-state index is 15.9. The highest BCUT2D eigenvalue weighted by molar-refractivity contribution is 6.22. The maximum Gasteiger partial charge on any atom is 0.200 e. The third-order valence-corrected chi connectivity index (χ3v) is 10.00. The molecular formula is C43H27F5N2O. The molecule has 0 amide bonds. The third kappa shape index (κ3) is 4.49. The topological polar surface area (TPSA) is 17.4 Å². The summed E-state index contributed by atoms with van der Waals surface area (Å²) in [5.74, 6) is -9.19. The zero-order chi connectivity index (χ0) is 35.2. The molecule has 250 valence electrons. The molecule has 0 unspecified atom stereocenters. The molecule has 1 aliphatic rings. The van der Waals surface area contributed by atoms with Gasteiger partial charge in [0, 0.05) is 44.8 Å². The van der Waals surface area contributed by atoms with Gasteiger partial charge in [0.25, 0.3) is 0 Å². The van der Waals surface area contributed by atoms with Gasteiger partial charge >= 0.3 is 0 Å². The van der Waals surface area contributed by atoms with E-state index in [-0.39, 0.29) is 11.4 Å². The monoisotopic (exact) mass is 682 g/mol. The van der Waals surface area contributed by atoms with Crippen molar-refractivity contribution < 1.29 is 26.7 Å². The molecule has 0 radical (unpaired) electrons. The number of anilines is 3. The van der Waals surface area contributed by atoms with Crippen molar-refractivity contribution in [3.63, 3.8) is 0 Å². The number of halogens is 5. The SMILES string of the molecule is CC1(C)c2ccccc2Oc2cc(N(c3ccc4c(c3)c3c5ccccc5ccc3n4-c3ccccc3)c3c(F)c(F)c(F)c(F)c3F)ccc21. The van der Waals surface area contributed by atoms with E-state index in [9.17, 15) is 13.2 Å². The Hall–Kier alpha value is -6.15. The third-order valence-electron chi connectivity index (χ3n) is 10.00. The van der Waals surface area contributed by atoms with Crippen LogP contribution in [0, 0.1) is 29.1 Å². The summed E-state index contributed by atoms with van der Waals surface area (Å²) in [5, 5.41) is 3.52. The average Bonchev–Trinajstić information content (AvgIpc) is 3.49. The second-order valence-corrected chi connectivity index (χ2v) is 13.2. The second kappa shape index (κ2) is 11.2. The number of benzene rings is 7. The van der Waals surface area contributed by atoms with Crippen molar-refractivity contribution in [3.05, 3.63) is 168 Å². The number of nitrogens with zero attached hydrogens (tertiary/aromatic N) is 2. The van der Waals surface area contributed by atoms with Gasteiger partial charge in [-0.2, -0.15) is 0 Å². The van der Waals surface area contributed by atoms with E-state index in [1.165, 1.54) is 0 Å². The van der Waals surface area contributed by atoms with Crippen molar-refractivity contribution in [3.8, 4) is 17.2 Å². The van der Waals surface area contributed by atoms with Crippen LogP contribution in [0.1, 0.15) is 25.0 Å². The molecule has 0 N–H and O–H groups in total. The zero-order valence-corrected chi connectivity index (χ0v) is 27.3. The first-order chi connectivity index (χ1) is 24.6. The Labute approximate surface area is 289 Å². The molecule has 2 heterocycles. The van der Waals surface area contributed by atoms with Crippen LogP contribution in [0.4, 0.5) is 39.0 Å².